The number of hydrogen-bond donors (Lipinski definition) is 0. The molecule has 0 unspecified atom stereocenters. The Morgan fingerprint density at radius 1 is 1.08 bits per heavy atom. The molecule has 0 atom stereocenters. The summed E-state index contributed by atoms with van der Waals surface area (Å²) < 4.78 is 45.1. The van der Waals surface area contributed by atoms with Gasteiger partial charge in [0, 0.05) is 13.2 Å². The molecule has 12 heavy (non-hydrogen) atoms. The lowest BCUT2D eigenvalue weighted by molar-refractivity contribution is -0.115. The number of halogens is 3. The summed E-state index contributed by atoms with van der Waals surface area (Å²) in [6.07, 6.45) is -4.18. The first kappa shape index (κ1) is 11.9. The van der Waals surface area contributed by atoms with E-state index in [4.69, 9.17) is 8.85 Å². The number of rotatable bonds is 5. The van der Waals surface area contributed by atoms with Crippen molar-refractivity contribution >= 4 is 9.28 Å². The summed E-state index contributed by atoms with van der Waals surface area (Å²) in [6, 6.07) is -0.945. The van der Waals surface area contributed by atoms with Gasteiger partial charge in [0.1, 0.15) is 0 Å². The van der Waals surface area contributed by atoms with Crippen LogP contribution in [0.4, 0.5) is 13.2 Å². The van der Waals surface area contributed by atoms with Crippen LogP contribution in [0.25, 0.3) is 0 Å². The minimum atomic E-state index is -4.18. The van der Waals surface area contributed by atoms with Gasteiger partial charge in [-0.1, -0.05) is 0 Å². The topological polar surface area (TPSA) is 18.5 Å². The lowest BCUT2D eigenvalue weighted by Gasteiger charge is -2.14. The van der Waals surface area contributed by atoms with Crippen molar-refractivity contribution < 1.29 is 22.0 Å². The van der Waals surface area contributed by atoms with Crippen LogP contribution in [-0.2, 0) is 8.85 Å². The highest BCUT2D eigenvalue weighted by Gasteiger charge is 2.35. The third-order valence-corrected chi connectivity index (χ3v) is 2.87. The van der Waals surface area contributed by atoms with E-state index in [0.29, 0.717) is 0 Å². The van der Waals surface area contributed by atoms with E-state index < -0.39 is 21.5 Å². The molecule has 0 aliphatic carbocycles. The molecular weight excluding hydrogens is 189 g/mol. The molecule has 0 saturated carbocycles. The quantitative estimate of drug-likeness (QED) is 0.634. The van der Waals surface area contributed by atoms with Crippen LogP contribution in [0.5, 0.6) is 0 Å². The van der Waals surface area contributed by atoms with Gasteiger partial charge in [0.05, 0.1) is 6.04 Å². The molecule has 0 aromatic heterocycles. The third-order valence-electron chi connectivity index (χ3n) is 0.955. The molecule has 0 aromatic carbocycles. The van der Waals surface area contributed by atoms with Crippen molar-refractivity contribution in [3.8, 4) is 0 Å². The average molecular weight is 201 g/mol. The van der Waals surface area contributed by atoms with Gasteiger partial charge in [-0.25, -0.2) is 0 Å². The summed E-state index contributed by atoms with van der Waals surface area (Å²) in [4.78, 5) is 0. The second kappa shape index (κ2) is 5.55. The summed E-state index contributed by atoms with van der Waals surface area (Å²) in [5.41, 5.74) is 0. The predicted octanol–water partition coefficient (Wildman–Crippen LogP) is 2.11. The largest absolute Gasteiger partial charge is 0.394 e. The van der Waals surface area contributed by atoms with E-state index in [1.54, 1.807) is 13.8 Å². The summed E-state index contributed by atoms with van der Waals surface area (Å²) in [6.45, 7) is 3.84. The fourth-order valence-corrected chi connectivity index (χ4v) is 1.89. The average Bonchev–Trinajstić information content (AvgIpc) is 1.84. The van der Waals surface area contributed by atoms with Crippen molar-refractivity contribution in [2.75, 3.05) is 13.2 Å². The monoisotopic (exact) mass is 201 g/mol. The van der Waals surface area contributed by atoms with Gasteiger partial charge in [-0.05, 0) is 13.8 Å². The van der Waals surface area contributed by atoms with Gasteiger partial charge in [0.25, 0.3) is 0 Å². The zero-order chi connectivity index (χ0) is 9.61. The molecule has 0 fully saturated rings. The minimum Gasteiger partial charge on any atom is -0.393 e. The van der Waals surface area contributed by atoms with Crippen LogP contribution >= 0.6 is 0 Å². The van der Waals surface area contributed by atoms with Gasteiger partial charge in [0.2, 0.25) is 0 Å². The SMILES string of the molecule is CCO[Si](CC(F)(F)F)OCC. The van der Waals surface area contributed by atoms with E-state index >= 15 is 0 Å². The first-order valence-corrected chi connectivity index (χ1v) is 5.20. The van der Waals surface area contributed by atoms with Crippen molar-refractivity contribution in [1.82, 2.24) is 0 Å². The molecule has 6 heteroatoms. The maximum absolute atomic E-state index is 11.8. The Morgan fingerprint density at radius 3 is 1.75 bits per heavy atom. The second-order valence-corrected chi connectivity index (χ2v) is 3.70. The molecular formula is C6H12F3O2Si. The molecule has 0 aromatic rings. The van der Waals surface area contributed by atoms with Crippen LogP contribution in [0.15, 0.2) is 0 Å². The molecule has 2 nitrogen and oxygen atoms in total. The van der Waals surface area contributed by atoms with Crippen molar-refractivity contribution in [1.29, 1.82) is 0 Å². The highest BCUT2D eigenvalue weighted by molar-refractivity contribution is 6.44. The molecule has 1 radical (unpaired) electrons. The van der Waals surface area contributed by atoms with E-state index in [2.05, 4.69) is 0 Å². The third kappa shape index (κ3) is 6.63. The molecule has 0 amide bonds. The van der Waals surface area contributed by atoms with Crippen LogP contribution in [0.2, 0.25) is 6.04 Å². The Hall–Kier alpha value is -0.0731. The highest BCUT2D eigenvalue weighted by Crippen LogP contribution is 2.22. The van der Waals surface area contributed by atoms with Gasteiger partial charge in [-0.3, -0.25) is 0 Å². The van der Waals surface area contributed by atoms with Crippen LogP contribution in [0, 0.1) is 0 Å². The second-order valence-electron chi connectivity index (χ2n) is 2.03. The Labute approximate surface area is 71.5 Å². The molecule has 0 rings (SSSR count). The van der Waals surface area contributed by atoms with Gasteiger partial charge >= 0.3 is 15.5 Å². The van der Waals surface area contributed by atoms with Crippen molar-refractivity contribution in [2.24, 2.45) is 0 Å². The maximum atomic E-state index is 11.8. The summed E-state index contributed by atoms with van der Waals surface area (Å²) >= 11 is 0. The lowest BCUT2D eigenvalue weighted by Crippen LogP contribution is -2.29. The number of alkyl halides is 3. The minimum absolute atomic E-state index is 0.268. The molecule has 0 N–H and O–H groups in total. The zero-order valence-corrected chi connectivity index (χ0v) is 8.07. The fourth-order valence-electron chi connectivity index (χ4n) is 0.629. The lowest BCUT2D eigenvalue weighted by atomic mass is 10.8. The molecule has 0 bridgehead atoms. The Kier molecular flexibility index (Phi) is 5.52. The van der Waals surface area contributed by atoms with Crippen LogP contribution in [-0.4, -0.2) is 28.7 Å². The van der Waals surface area contributed by atoms with Gasteiger partial charge in [0.15, 0.2) is 0 Å². The van der Waals surface area contributed by atoms with Gasteiger partial charge in [-0.15, -0.1) is 0 Å². The molecule has 0 heterocycles. The Morgan fingerprint density at radius 2 is 1.50 bits per heavy atom. The smallest absolute Gasteiger partial charge is 0.393 e. The molecule has 0 aliphatic rings. The first-order chi connectivity index (χ1) is 5.49. The predicted molar refractivity (Wildman–Crippen MR) is 39.9 cm³/mol. The normalized spacial score (nSPS) is 12.5. The highest BCUT2D eigenvalue weighted by atomic mass is 28.3. The molecule has 73 valence electrons. The van der Waals surface area contributed by atoms with Gasteiger partial charge < -0.3 is 8.85 Å². The molecule has 0 saturated heterocycles. The zero-order valence-electron chi connectivity index (χ0n) is 7.07. The Bertz CT molecular complexity index is 112. The molecule has 0 aliphatic heterocycles. The van der Waals surface area contributed by atoms with E-state index in [-0.39, 0.29) is 13.2 Å². The summed E-state index contributed by atoms with van der Waals surface area (Å²) in [5.74, 6) is 0. The van der Waals surface area contributed by atoms with Gasteiger partial charge in [-0.2, -0.15) is 13.2 Å². The molecule has 0 spiro atoms. The van der Waals surface area contributed by atoms with Crippen molar-refractivity contribution in [3.05, 3.63) is 0 Å². The van der Waals surface area contributed by atoms with Crippen molar-refractivity contribution in [2.45, 2.75) is 26.1 Å². The van der Waals surface area contributed by atoms with Crippen LogP contribution < -0.4 is 0 Å². The fraction of sp³-hybridized carbons (Fsp3) is 1.00. The summed E-state index contributed by atoms with van der Waals surface area (Å²) in [7, 11) is -2.13. The summed E-state index contributed by atoms with van der Waals surface area (Å²) in [5, 5.41) is 0. The van der Waals surface area contributed by atoms with Crippen molar-refractivity contribution in [3.63, 3.8) is 0 Å². The van der Waals surface area contributed by atoms with E-state index in [1.807, 2.05) is 0 Å². The number of hydrogen-bond acceptors (Lipinski definition) is 2. The van der Waals surface area contributed by atoms with E-state index in [9.17, 15) is 13.2 Å². The van der Waals surface area contributed by atoms with E-state index in [0.717, 1.165) is 0 Å². The first-order valence-electron chi connectivity index (χ1n) is 3.67. The van der Waals surface area contributed by atoms with Crippen LogP contribution in [0.3, 0.4) is 0 Å². The standard InChI is InChI=1S/C6H12F3O2Si/c1-3-10-12(11-4-2)5-6(7,8)9/h3-5H2,1-2H3. The maximum Gasteiger partial charge on any atom is 0.394 e. The Balaban J connectivity index is 3.77. The van der Waals surface area contributed by atoms with Crippen LogP contribution in [0.1, 0.15) is 13.8 Å². The van der Waals surface area contributed by atoms with E-state index in [1.165, 1.54) is 0 Å².